The highest BCUT2D eigenvalue weighted by Gasteiger charge is 2.12. The van der Waals surface area contributed by atoms with Crippen LogP contribution in [0.3, 0.4) is 0 Å². The molecule has 1 unspecified atom stereocenters. The summed E-state index contributed by atoms with van der Waals surface area (Å²) in [6.45, 7) is 7.84. The second kappa shape index (κ2) is 29.0. The summed E-state index contributed by atoms with van der Waals surface area (Å²) in [5, 5.41) is 33.3. The Bertz CT molecular complexity index is 329. The van der Waals surface area contributed by atoms with E-state index in [4.69, 9.17) is 29.9 Å². The van der Waals surface area contributed by atoms with E-state index >= 15 is 0 Å². The van der Waals surface area contributed by atoms with Crippen molar-refractivity contribution in [3.63, 3.8) is 0 Å². The molecule has 0 aliphatic heterocycles. The molecule has 0 spiro atoms. The fraction of sp³-hybridized carbons (Fsp3) is 0.905. The van der Waals surface area contributed by atoms with E-state index in [1.807, 2.05) is 6.92 Å². The van der Waals surface area contributed by atoms with Crippen molar-refractivity contribution in [1.29, 1.82) is 0 Å². The van der Waals surface area contributed by atoms with E-state index in [1.165, 1.54) is 6.42 Å². The molecule has 0 saturated carbocycles. The third-order valence-corrected chi connectivity index (χ3v) is 3.84. The lowest BCUT2D eigenvalue weighted by molar-refractivity contribution is -0.142. The Morgan fingerprint density at radius 2 is 1.28 bits per heavy atom. The summed E-state index contributed by atoms with van der Waals surface area (Å²) in [7, 11) is 0. The van der Waals surface area contributed by atoms with Crippen molar-refractivity contribution < 1.29 is 39.5 Å². The quantitative estimate of drug-likeness (QED) is 0.261. The highest BCUT2D eigenvalue weighted by atomic mass is 16.5. The molecule has 1 atom stereocenters. The van der Waals surface area contributed by atoms with Gasteiger partial charge in [-0.2, -0.15) is 0 Å². The van der Waals surface area contributed by atoms with Gasteiger partial charge in [0.25, 0.3) is 0 Å². The summed E-state index contributed by atoms with van der Waals surface area (Å²) in [5.74, 6) is -1.43. The molecule has 0 rings (SSSR count). The fourth-order valence-electron chi connectivity index (χ4n) is 2.11. The first-order valence-electron chi connectivity index (χ1n) is 10.7. The summed E-state index contributed by atoms with van der Waals surface area (Å²) in [5.41, 5.74) is 0. The Hall–Kier alpha value is -1.22. The number of carbonyl (C=O) groups is 2. The molecule has 0 amide bonds. The number of carboxylic acid groups (broad SMARTS) is 2. The number of aliphatic hydroxyl groups excluding tert-OH is 2. The number of rotatable bonds is 17. The van der Waals surface area contributed by atoms with E-state index < -0.39 is 11.9 Å². The van der Waals surface area contributed by atoms with Crippen molar-refractivity contribution >= 4 is 11.9 Å². The minimum Gasteiger partial charge on any atom is -0.481 e. The lowest BCUT2D eigenvalue weighted by atomic mass is 10.00. The molecule has 0 aromatic heterocycles. The van der Waals surface area contributed by atoms with E-state index in [1.54, 1.807) is 0 Å². The second-order valence-electron chi connectivity index (χ2n) is 6.46. The summed E-state index contributed by atoms with van der Waals surface area (Å²) in [4.78, 5) is 20.4. The predicted octanol–water partition coefficient (Wildman–Crippen LogP) is 3.33. The van der Waals surface area contributed by atoms with Crippen LogP contribution in [-0.4, -0.2) is 72.0 Å². The van der Waals surface area contributed by atoms with Gasteiger partial charge in [0.2, 0.25) is 0 Å². The molecule has 29 heavy (non-hydrogen) atoms. The maximum atomic E-state index is 10.4. The first-order chi connectivity index (χ1) is 13.9. The third-order valence-electron chi connectivity index (χ3n) is 3.84. The Kier molecular flexibility index (Phi) is 32.4. The first kappa shape index (κ1) is 32.4. The molecule has 0 aromatic rings. The maximum Gasteiger partial charge on any atom is 0.306 e. The first-order valence-corrected chi connectivity index (χ1v) is 10.7. The molecule has 0 radical (unpaired) electrons. The molecule has 0 aliphatic carbocycles. The highest BCUT2D eigenvalue weighted by Crippen LogP contribution is 2.11. The monoisotopic (exact) mass is 424 g/mol. The molecule has 0 saturated heterocycles. The number of unbranched alkanes of at least 4 members (excludes halogenated alkanes) is 4. The van der Waals surface area contributed by atoms with Crippen molar-refractivity contribution in [2.24, 2.45) is 5.92 Å². The number of aliphatic hydroxyl groups is 2. The van der Waals surface area contributed by atoms with Gasteiger partial charge < -0.3 is 29.9 Å². The minimum atomic E-state index is -0.675. The van der Waals surface area contributed by atoms with Crippen LogP contribution in [0.25, 0.3) is 0 Å². The number of hydrogen-bond donors (Lipinski definition) is 4. The molecule has 8 heteroatoms. The topological polar surface area (TPSA) is 134 Å². The third kappa shape index (κ3) is 34.7. The molecule has 0 heterocycles. The van der Waals surface area contributed by atoms with Crippen LogP contribution in [0, 0.1) is 5.92 Å². The van der Waals surface area contributed by atoms with Crippen molar-refractivity contribution in [1.82, 2.24) is 0 Å². The van der Waals surface area contributed by atoms with Crippen LogP contribution < -0.4 is 0 Å². The summed E-state index contributed by atoms with van der Waals surface area (Å²) in [6.07, 6.45) is 8.27. The highest BCUT2D eigenvalue weighted by molar-refractivity contribution is 5.69. The molecule has 0 aliphatic rings. The van der Waals surface area contributed by atoms with E-state index in [2.05, 4.69) is 13.8 Å². The van der Waals surface area contributed by atoms with E-state index in [9.17, 15) is 9.59 Å². The Labute approximate surface area is 176 Å². The van der Waals surface area contributed by atoms with Gasteiger partial charge in [0.05, 0.1) is 45.6 Å². The van der Waals surface area contributed by atoms with Gasteiger partial charge in [0.15, 0.2) is 0 Å². The molecule has 0 fully saturated rings. The zero-order valence-corrected chi connectivity index (χ0v) is 18.6. The Morgan fingerprint density at radius 3 is 1.62 bits per heavy atom. The van der Waals surface area contributed by atoms with Gasteiger partial charge in [-0.3, -0.25) is 9.59 Å². The molecule has 0 aromatic carbocycles. The van der Waals surface area contributed by atoms with Crippen molar-refractivity contribution in [2.45, 2.75) is 78.6 Å². The zero-order chi connectivity index (χ0) is 22.8. The lowest BCUT2D eigenvalue weighted by Gasteiger charge is -2.06. The van der Waals surface area contributed by atoms with Crippen molar-refractivity contribution in [3.05, 3.63) is 0 Å². The van der Waals surface area contributed by atoms with Gasteiger partial charge in [0, 0.05) is 6.42 Å². The van der Waals surface area contributed by atoms with Gasteiger partial charge in [-0.15, -0.1) is 0 Å². The van der Waals surface area contributed by atoms with Gasteiger partial charge in [-0.05, 0) is 19.3 Å². The van der Waals surface area contributed by atoms with Gasteiger partial charge in [-0.25, -0.2) is 0 Å². The SMILES string of the molecule is CCCCC(CC)C(=O)O.CCCCCCC(=O)O.OCCOCCOCCO. The summed E-state index contributed by atoms with van der Waals surface area (Å²) in [6, 6.07) is 0. The average molecular weight is 425 g/mol. The minimum absolute atomic E-state index is 0.0417. The van der Waals surface area contributed by atoms with E-state index in [0.29, 0.717) is 32.8 Å². The van der Waals surface area contributed by atoms with Crippen LogP contribution in [-0.2, 0) is 19.1 Å². The standard InChI is InChI=1S/C8H16O2.C7H14O2.C6H14O4/c1-3-5-6-7(4-2)8(9)10;1-2-3-4-5-6-7(8)9;7-1-3-9-5-6-10-4-2-8/h7H,3-6H2,1-2H3,(H,9,10);2-6H2,1H3,(H,8,9);7-8H,1-6H2. The van der Waals surface area contributed by atoms with Gasteiger partial charge in [0.1, 0.15) is 0 Å². The smallest absolute Gasteiger partial charge is 0.306 e. The molecule has 176 valence electrons. The Balaban J connectivity index is -0.000000350. The largest absolute Gasteiger partial charge is 0.481 e. The van der Waals surface area contributed by atoms with Crippen LogP contribution in [0.4, 0.5) is 0 Å². The summed E-state index contributed by atoms with van der Waals surface area (Å²) < 4.78 is 9.75. The second-order valence-corrected chi connectivity index (χ2v) is 6.46. The molecular weight excluding hydrogens is 380 g/mol. The number of hydrogen-bond acceptors (Lipinski definition) is 6. The summed E-state index contributed by atoms with van der Waals surface area (Å²) >= 11 is 0. The molecule has 4 N–H and O–H groups in total. The van der Waals surface area contributed by atoms with Crippen LogP contribution in [0.5, 0.6) is 0 Å². The van der Waals surface area contributed by atoms with Crippen molar-refractivity contribution in [3.8, 4) is 0 Å². The number of ether oxygens (including phenoxy) is 2. The zero-order valence-electron chi connectivity index (χ0n) is 18.6. The molecule has 0 bridgehead atoms. The van der Waals surface area contributed by atoms with Crippen LogP contribution in [0.1, 0.15) is 78.6 Å². The number of carboxylic acids is 2. The van der Waals surface area contributed by atoms with Gasteiger partial charge >= 0.3 is 11.9 Å². The Morgan fingerprint density at radius 1 is 0.759 bits per heavy atom. The molecule has 8 nitrogen and oxygen atoms in total. The van der Waals surface area contributed by atoms with Crippen molar-refractivity contribution in [2.75, 3.05) is 39.6 Å². The number of aliphatic carboxylic acids is 2. The van der Waals surface area contributed by atoms with E-state index in [-0.39, 0.29) is 19.1 Å². The fourth-order valence-corrected chi connectivity index (χ4v) is 2.11. The van der Waals surface area contributed by atoms with Crippen LogP contribution >= 0.6 is 0 Å². The normalized spacial score (nSPS) is 10.9. The maximum absolute atomic E-state index is 10.4. The lowest BCUT2D eigenvalue weighted by Crippen LogP contribution is -2.11. The average Bonchev–Trinajstić information content (AvgIpc) is 2.69. The van der Waals surface area contributed by atoms with Crippen LogP contribution in [0.2, 0.25) is 0 Å². The van der Waals surface area contributed by atoms with Crippen LogP contribution in [0.15, 0.2) is 0 Å². The van der Waals surface area contributed by atoms with E-state index in [0.717, 1.165) is 44.9 Å². The van der Waals surface area contributed by atoms with Gasteiger partial charge in [-0.1, -0.05) is 52.9 Å². The molecular formula is C21H44O8. The predicted molar refractivity (Wildman–Crippen MR) is 113 cm³/mol.